The fourth-order valence-electron chi connectivity index (χ4n) is 1.05. The van der Waals surface area contributed by atoms with Crippen LogP contribution in [0, 0.1) is 11.3 Å². The lowest BCUT2D eigenvalue weighted by atomic mass is 10.1. The fraction of sp³-hybridized carbons (Fsp3) is 1.00. The predicted molar refractivity (Wildman–Crippen MR) is 29.6 cm³/mol. The Morgan fingerprint density at radius 2 is 2.00 bits per heavy atom. The molecule has 0 heterocycles. The molecule has 0 spiro atoms. The van der Waals surface area contributed by atoms with Crippen LogP contribution in [0.3, 0.4) is 0 Å². The van der Waals surface area contributed by atoms with Crippen molar-refractivity contribution >= 4 is 0 Å². The van der Waals surface area contributed by atoms with Crippen LogP contribution < -0.4 is 0 Å². The highest BCUT2D eigenvalue weighted by molar-refractivity contribution is 5.01. The third-order valence-electron chi connectivity index (χ3n) is 2.11. The van der Waals surface area contributed by atoms with Gasteiger partial charge in [0.1, 0.15) is 0 Å². The topological polar surface area (TPSA) is 20.2 Å². The number of aliphatic hydroxyl groups is 1. The maximum absolute atomic E-state index is 11.9. The molecule has 0 aromatic heterocycles. The summed E-state index contributed by atoms with van der Waals surface area (Å²) in [7, 11) is 0. The van der Waals surface area contributed by atoms with E-state index in [9.17, 15) is 8.78 Å². The molecule has 1 atom stereocenters. The summed E-state index contributed by atoms with van der Waals surface area (Å²) in [6, 6.07) is 0. The van der Waals surface area contributed by atoms with E-state index in [1.165, 1.54) is 0 Å². The van der Waals surface area contributed by atoms with Crippen molar-refractivity contribution in [2.24, 2.45) is 11.3 Å². The Morgan fingerprint density at radius 1 is 1.44 bits per heavy atom. The summed E-state index contributed by atoms with van der Waals surface area (Å²) in [6.45, 7) is -1.34. The van der Waals surface area contributed by atoms with Gasteiger partial charge in [0, 0.05) is 12.0 Å². The van der Waals surface area contributed by atoms with Gasteiger partial charge in [-0.3, -0.25) is 8.78 Å². The van der Waals surface area contributed by atoms with E-state index in [0.29, 0.717) is 6.42 Å². The fourth-order valence-corrected chi connectivity index (χ4v) is 1.05. The van der Waals surface area contributed by atoms with E-state index in [-0.39, 0.29) is 12.5 Å². The summed E-state index contributed by atoms with van der Waals surface area (Å²) in [6.07, 6.45) is 0.510. The molecule has 9 heavy (non-hydrogen) atoms. The Kier molecular flexibility index (Phi) is 1.70. The minimum atomic E-state index is -0.783. The first-order valence-electron chi connectivity index (χ1n) is 3.02. The zero-order valence-corrected chi connectivity index (χ0v) is 5.11. The molecular formula is C6H10F2O. The number of halogens is 2. The van der Waals surface area contributed by atoms with Crippen LogP contribution in [0.5, 0.6) is 0 Å². The van der Waals surface area contributed by atoms with E-state index in [1.807, 2.05) is 0 Å². The molecule has 1 unspecified atom stereocenters. The SMILES string of the molecule is OCC1CC1(CF)CF. The van der Waals surface area contributed by atoms with E-state index in [2.05, 4.69) is 0 Å². The molecule has 3 heteroatoms. The maximum Gasteiger partial charge on any atom is 0.0979 e. The Balaban J connectivity index is 2.37. The summed E-state index contributed by atoms with van der Waals surface area (Å²) in [5.74, 6) is -0.118. The smallest absolute Gasteiger partial charge is 0.0979 e. The average Bonchev–Trinajstić information content (AvgIpc) is 2.63. The van der Waals surface area contributed by atoms with Crippen molar-refractivity contribution in [3.63, 3.8) is 0 Å². The first-order chi connectivity index (χ1) is 4.29. The second kappa shape index (κ2) is 2.21. The molecule has 0 aromatic rings. The van der Waals surface area contributed by atoms with Gasteiger partial charge in [-0.1, -0.05) is 0 Å². The van der Waals surface area contributed by atoms with Crippen LogP contribution in [-0.2, 0) is 0 Å². The van der Waals surface area contributed by atoms with Crippen molar-refractivity contribution in [2.45, 2.75) is 6.42 Å². The Bertz CT molecular complexity index is 101. The average molecular weight is 136 g/mol. The van der Waals surface area contributed by atoms with Crippen molar-refractivity contribution in [2.75, 3.05) is 20.0 Å². The van der Waals surface area contributed by atoms with Crippen LogP contribution >= 0.6 is 0 Å². The molecule has 1 fully saturated rings. The molecule has 0 bridgehead atoms. The molecule has 1 rings (SSSR count). The van der Waals surface area contributed by atoms with E-state index < -0.39 is 18.8 Å². The number of aliphatic hydroxyl groups excluding tert-OH is 1. The number of alkyl halides is 2. The molecule has 0 aromatic carbocycles. The highest BCUT2D eigenvalue weighted by atomic mass is 19.1. The molecular weight excluding hydrogens is 126 g/mol. The quantitative estimate of drug-likeness (QED) is 0.611. The molecule has 0 saturated heterocycles. The monoisotopic (exact) mass is 136 g/mol. The highest BCUT2D eigenvalue weighted by Gasteiger charge is 2.54. The van der Waals surface area contributed by atoms with Crippen molar-refractivity contribution in [3.05, 3.63) is 0 Å². The molecule has 1 nitrogen and oxygen atoms in total. The Morgan fingerprint density at radius 3 is 2.11 bits per heavy atom. The molecule has 1 aliphatic rings. The van der Waals surface area contributed by atoms with Gasteiger partial charge in [0.25, 0.3) is 0 Å². The van der Waals surface area contributed by atoms with Crippen LogP contribution in [0.2, 0.25) is 0 Å². The zero-order valence-electron chi connectivity index (χ0n) is 5.11. The van der Waals surface area contributed by atoms with Gasteiger partial charge >= 0.3 is 0 Å². The number of hydrogen-bond acceptors (Lipinski definition) is 1. The normalized spacial score (nSPS) is 30.3. The minimum Gasteiger partial charge on any atom is -0.396 e. The zero-order chi connectivity index (χ0) is 6.91. The van der Waals surface area contributed by atoms with Crippen molar-refractivity contribution in [1.29, 1.82) is 0 Å². The van der Waals surface area contributed by atoms with E-state index >= 15 is 0 Å². The van der Waals surface area contributed by atoms with Crippen molar-refractivity contribution in [1.82, 2.24) is 0 Å². The summed E-state index contributed by atoms with van der Waals surface area (Å²) in [5, 5.41) is 8.47. The summed E-state index contributed by atoms with van der Waals surface area (Å²) >= 11 is 0. The number of hydrogen-bond donors (Lipinski definition) is 1. The van der Waals surface area contributed by atoms with Crippen molar-refractivity contribution < 1.29 is 13.9 Å². The third-order valence-corrected chi connectivity index (χ3v) is 2.11. The lowest BCUT2D eigenvalue weighted by Gasteiger charge is -2.03. The first kappa shape index (κ1) is 6.93. The van der Waals surface area contributed by atoms with Gasteiger partial charge in [0.2, 0.25) is 0 Å². The van der Waals surface area contributed by atoms with Gasteiger partial charge in [0.05, 0.1) is 13.3 Å². The molecule has 1 N–H and O–H groups in total. The van der Waals surface area contributed by atoms with Crippen LogP contribution in [0.25, 0.3) is 0 Å². The second-order valence-electron chi connectivity index (χ2n) is 2.71. The van der Waals surface area contributed by atoms with Crippen LogP contribution in [0.4, 0.5) is 8.78 Å². The second-order valence-corrected chi connectivity index (χ2v) is 2.71. The maximum atomic E-state index is 11.9. The van der Waals surface area contributed by atoms with Gasteiger partial charge in [-0.05, 0) is 12.3 Å². The van der Waals surface area contributed by atoms with Gasteiger partial charge in [-0.25, -0.2) is 0 Å². The molecule has 0 radical (unpaired) electrons. The molecule has 0 amide bonds. The van der Waals surface area contributed by atoms with Gasteiger partial charge in [-0.15, -0.1) is 0 Å². The summed E-state index contributed by atoms with van der Waals surface area (Å²) < 4.78 is 23.8. The van der Waals surface area contributed by atoms with Gasteiger partial charge < -0.3 is 5.11 Å². The van der Waals surface area contributed by atoms with Crippen LogP contribution in [0.15, 0.2) is 0 Å². The molecule has 1 saturated carbocycles. The third kappa shape index (κ3) is 0.936. The lowest BCUT2D eigenvalue weighted by molar-refractivity contribution is 0.199. The Labute approximate surface area is 52.7 Å². The van der Waals surface area contributed by atoms with Gasteiger partial charge in [0.15, 0.2) is 0 Å². The summed E-state index contributed by atoms with van der Waals surface area (Å²) in [4.78, 5) is 0. The van der Waals surface area contributed by atoms with Crippen LogP contribution in [-0.4, -0.2) is 25.1 Å². The lowest BCUT2D eigenvalue weighted by Crippen LogP contribution is -2.11. The van der Waals surface area contributed by atoms with E-state index in [1.54, 1.807) is 0 Å². The molecule has 54 valence electrons. The van der Waals surface area contributed by atoms with E-state index in [0.717, 1.165) is 0 Å². The summed E-state index contributed by atoms with van der Waals surface area (Å²) in [5.41, 5.74) is -0.783. The predicted octanol–water partition coefficient (Wildman–Crippen LogP) is 0.924. The van der Waals surface area contributed by atoms with Crippen molar-refractivity contribution in [3.8, 4) is 0 Å². The standard InChI is InChI=1S/C6H10F2O/c7-3-6(4-8)1-5(6)2-9/h5,9H,1-4H2. The minimum absolute atomic E-state index is 0.0756. The molecule has 1 aliphatic carbocycles. The highest BCUT2D eigenvalue weighted by Crippen LogP contribution is 2.52. The Hall–Kier alpha value is -0.180. The molecule has 0 aliphatic heterocycles. The largest absolute Gasteiger partial charge is 0.396 e. The first-order valence-corrected chi connectivity index (χ1v) is 3.02. The van der Waals surface area contributed by atoms with E-state index in [4.69, 9.17) is 5.11 Å². The van der Waals surface area contributed by atoms with Crippen LogP contribution in [0.1, 0.15) is 6.42 Å². The number of rotatable bonds is 3. The van der Waals surface area contributed by atoms with Gasteiger partial charge in [-0.2, -0.15) is 0 Å².